The summed E-state index contributed by atoms with van der Waals surface area (Å²) in [6.45, 7) is 6.06. The van der Waals surface area contributed by atoms with Crippen LogP contribution in [0.3, 0.4) is 0 Å². The van der Waals surface area contributed by atoms with Crippen LogP contribution in [0.5, 0.6) is 5.75 Å². The standard InChI is InChI=1S/C25H27F2N3O2/c1-16-14-29(15-28-16)22-9-6-18(12-23(22)32-4)25(3)10-5-11-30(24(25)31)17(2)20-13-19(26)7-8-21(20)27/h6-9,12-15,17H,5,10-11H2,1-4H3/t17-,25?/m0/s1. The van der Waals surface area contributed by atoms with Gasteiger partial charge >= 0.3 is 0 Å². The molecule has 2 heterocycles. The van der Waals surface area contributed by atoms with E-state index in [-0.39, 0.29) is 11.5 Å². The number of imidazole rings is 1. The second-order valence-electron chi connectivity index (χ2n) is 8.58. The van der Waals surface area contributed by atoms with Crippen molar-refractivity contribution in [2.45, 2.75) is 45.1 Å². The van der Waals surface area contributed by atoms with Crippen molar-refractivity contribution in [2.24, 2.45) is 0 Å². The van der Waals surface area contributed by atoms with Crippen LogP contribution in [0.25, 0.3) is 5.69 Å². The van der Waals surface area contributed by atoms with Crippen LogP contribution >= 0.6 is 0 Å². The zero-order valence-corrected chi connectivity index (χ0v) is 18.7. The van der Waals surface area contributed by atoms with Crippen LogP contribution in [0.2, 0.25) is 0 Å². The van der Waals surface area contributed by atoms with Gasteiger partial charge in [0.2, 0.25) is 5.91 Å². The second kappa shape index (κ2) is 8.37. The molecule has 1 aliphatic rings. The van der Waals surface area contributed by atoms with Gasteiger partial charge in [0.05, 0.1) is 36.3 Å². The molecule has 3 aromatic rings. The Kier molecular flexibility index (Phi) is 5.75. The smallest absolute Gasteiger partial charge is 0.233 e. The molecule has 2 aromatic carbocycles. The van der Waals surface area contributed by atoms with E-state index in [1.807, 2.05) is 42.8 Å². The molecule has 2 atom stereocenters. The minimum atomic E-state index is -0.799. The summed E-state index contributed by atoms with van der Waals surface area (Å²) in [4.78, 5) is 19.6. The number of carbonyl (C=O) groups is 1. The third kappa shape index (κ3) is 3.76. The maximum Gasteiger partial charge on any atom is 0.233 e. The summed E-state index contributed by atoms with van der Waals surface area (Å²) < 4.78 is 35.7. The summed E-state index contributed by atoms with van der Waals surface area (Å²) in [6, 6.07) is 8.53. The number of carbonyl (C=O) groups excluding carboxylic acids is 1. The Bertz CT molecular complexity index is 1160. The van der Waals surface area contributed by atoms with Crippen molar-refractivity contribution in [3.05, 3.63) is 77.4 Å². The molecule has 0 N–H and O–H groups in total. The number of hydrogen-bond acceptors (Lipinski definition) is 3. The molecule has 0 radical (unpaired) electrons. The molecule has 5 nitrogen and oxygen atoms in total. The van der Waals surface area contributed by atoms with Gasteiger partial charge in [-0.05, 0) is 69.5 Å². The largest absolute Gasteiger partial charge is 0.495 e. The van der Waals surface area contributed by atoms with Gasteiger partial charge in [-0.2, -0.15) is 0 Å². The third-order valence-corrected chi connectivity index (χ3v) is 6.49. The van der Waals surface area contributed by atoms with E-state index >= 15 is 0 Å². The number of amides is 1. The fourth-order valence-corrected chi connectivity index (χ4v) is 4.56. The van der Waals surface area contributed by atoms with E-state index in [4.69, 9.17) is 4.74 Å². The van der Waals surface area contributed by atoms with E-state index in [1.165, 1.54) is 6.07 Å². The predicted molar refractivity (Wildman–Crippen MR) is 118 cm³/mol. The van der Waals surface area contributed by atoms with Gasteiger partial charge in [-0.1, -0.05) is 6.07 Å². The molecule has 1 amide bonds. The first-order valence-electron chi connectivity index (χ1n) is 10.7. The summed E-state index contributed by atoms with van der Waals surface area (Å²) >= 11 is 0. The molecule has 168 valence electrons. The molecule has 0 aliphatic carbocycles. The van der Waals surface area contributed by atoms with Crippen molar-refractivity contribution in [3.63, 3.8) is 0 Å². The number of aromatic nitrogens is 2. The lowest BCUT2D eigenvalue weighted by Gasteiger charge is -2.43. The number of likely N-dealkylation sites (tertiary alicyclic amines) is 1. The average Bonchev–Trinajstić information content (AvgIpc) is 3.22. The highest BCUT2D eigenvalue weighted by molar-refractivity contribution is 5.89. The molecule has 1 saturated heterocycles. The predicted octanol–water partition coefficient (Wildman–Crippen LogP) is 5.11. The number of ether oxygens (including phenoxy) is 1. The van der Waals surface area contributed by atoms with Crippen LogP contribution in [0.1, 0.15) is 49.6 Å². The lowest BCUT2D eigenvalue weighted by atomic mass is 9.74. The van der Waals surface area contributed by atoms with Gasteiger partial charge in [0.1, 0.15) is 17.4 Å². The Morgan fingerprint density at radius 3 is 2.66 bits per heavy atom. The topological polar surface area (TPSA) is 47.4 Å². The van der Waals surface area contributed by atoms with E-state index in [1.54, 1.807) is 25.3 Å². The van der Waals surface area contributed by atoms with Gasteiger partial charge in [0.15, 0.2) is 0 Å². The molecule has 1 unspecified atom stereocenters. The monoisotopic (exact) mass is 439 g/mol. The van der Waals surface area contributed by atoms with Crippen molar-refractivity contribution >= 4 is 5.91 Å². The van der Waals surface area contributed by atoms with Crippen LogP contribution in [0.4, 0.5) is 8.78 Å². The molecule has 1 aliphatic heterocycles. The molecule has 0 saturated carbocycles. The number of halogens is 2. The average molecular weight is 440 g/mol. The van der Waals surface area contributed by atoms with E-state index in [9.17, 15) is 13.6 Å². The van der Waals surface area contributed by atoms with Gasteiger partial charge in [0.25, 0.3) is 0 Å². The van der Waals surface area contributed by atoms with Crippen molar-refractivity contribution < 1.29 is 18.3 Å². The number of hydrogen-bond donors (Lipinski definition) is 0. The Balaban J connectivity index is 1.68. The fourth-order valence-electron chi connectivity index (χ4n) is 4.56. The number of benzene rings is 2. The molecular weight excluding hydrogens is 412 g/mol. The maximum absolute atomic E-state index is 14.4. The number of piperidine rings is 1. The van der Waals surface area contributed by atoms with Crippen molar-refractivity contribution in [2.75, 3.05) is 13.7 Å². The fraction of sp³-hybridized carbons (Fsp3) is 0.360. The Morgan fingerprint density at radius 1 is 1.19 bits per heavy atom. The Hall–Kier alpha value is -3.22. The Morgan fingerprint density at radius 2 is 1.97 bits per heavy atom. The van der Waals surface area contributed by atoms with Gasteiger partial charge < -0.3 is 14.2 Å². The van der Waals surface area contributed by atoms with Crippen LogP contribution < -0.4 is 4.74 Å². The van der Waals surface area contributed by atoms with Gasteiger partial charge in [-0.15, -0.1) is 0 Å². The quantitative estimate of drug-likeness (QED) is 0.555. The number of nitrogens with zero attached hydrogens (tertiary/aromatic N) is 3. The molecule has 32 heavy (non-hydrogen) atoms. The van der Waals surface area contributed by atoms with Crippen LogP contribution in [0, 0.1) is 18.6 Å². The van der Waals surface area contributed by atoms with Gasteiger partial charge in [-0.3, -0.25) is 4.79 Å². The van der Waals surface area contributed by atoms with E-state index in [0.29, 0.717) is 18.7 Å². The van der Waals surface area contributed by atoms with Crippen LogP contribution in [-0.2, 0) is 10.2 Å². The maximum atomic E-state index is 14.4. The minimum absolute atomic E-state index is 0.104. The normalized spacial score (nSPS) is 19.8. The summed E-state index contributed by atoms with van der Waals surface area (Å²) in [5.74, 6) is -0.500. The lowest BCUT2D eigenvalue weighted by molar-refractivity contribution is -0.142. The minimum Gasteiger partial charge on any atom is -0.495 e. The highest BCUT2D eigenvalue weighted by atomic mass is 19.1. The Labute approximate surface area is 186 Å². The third-order valence-electron chi connectivity index (χ3n) is 6.49. The zero-order chi connectivity index (χ0) is 23.0. The number of methoxy groups -OCH3 is 1. The first-order valence-corrected chi connectivity index (χ1v) is 10.7. The molecule has 0 bridgehead atoms. The summed E-state index contributed by atoms with van der Waals surface area (Å²) in [6.07, 6.45) is 5.04. The number of aryl methyl sites for hydroxylation is 1. The molecule has 1 aromatic heterocycles. The molecular formula is C25H27F2N3O2. The number of rotatable bonds is 5. The molecule has 7 heteroatoms. The van der Waals surface area contributed by atoms with E-state index in [2.05, 4.69) is 4.98 Å². The van der Waals surface area contributed by atoms with Gasteiger partial charge in [-0.25, -0.2) is 13.8 Å². The SMILES string of the molecule is COc1cc(C2(C)CCCN([C@@H](C)c3cc(F)ccc3F)C2=O)ccc1-n1cnc(C)c1. The van der Waals surface area contributed by atoms with E-state index in [0.717, 1.165) is 35.5 Å². The first-order chi connectivity index (χ1) is 15.2. The molecule has 4 rings (SSSR count). The van der Waals surface area contributed by atoms with Crippen molar-refractivity contribution in [1.82, 2.24) is 14.5 Å². The highest BCUT2D eigenvalue weighted by Crippen LogP contribution is 2.40. The first kappa shape index (κ1) is 22.0. The van der Waals surface area contributed by atoms with Crippen molar-refractivity contribution in [1.29, 1.82) is 0 Å². The highest BCUT2D eigenvalue weighted by Gasteiger charge is 2.43. The summed E-state index contributed by atoms with van der Waals surface area (Å²) in [5.41, 5.74) is 1.94. The van der Waals surface area contributed by atoms with Gasteiger partial charge in [0, 0.05) is 18.3 Å². The van der Waals surface area contributed by atoms with Crippen molar-refractivity contribution in [3.8, 4) is 11.4 Å². The van der Waals surface area contributed by atoms with Crippen LogP contribution in [0.15, 0.2) is 48.9 Å². The summed E-state index contributed by atoms with van der Waals surface area (Å²) in [5, 5.41) is 0. The van der Waals surface area contributed by atoms with E-state index < -0.39 is 23.1 Å². The molecule has 1 fully saturated rings. The van der Waals surface area contributed by atoms with Crippen LogP contribution in [-0.4, -0.2) is 34.0 Å². The molecule has 0 spiro atoms. The summed E-state index contributed by atoms with van der Waals surface area (Å²) in [7, 11) is 1.60. The zero-order valence-electron chi connectivity index (χ0n) is 18.7. The second-order valence-corrected chi connectivity index (χ2v) is 8.58. The lowest BCUT2D eigenvalue weighted by Crippen LogP contribution is -2.50.